The van der Waals surface area contributed by atoms with Crippen molar-refractivity contribution in [1.29, 1.82) is 0 Å². The minimum absolute atomic E-state index is 0.0524. The van der Waals surface area contributed by atoms with Crippen molar-refractivity contribution < 1.29 is 22.7 Å². The molecule has 28 heavy (non-hydrogen) atoms. The van der Waals surface area contributed by atoms with Gasteiger partial charge in [0.1, 0.15) is 11.6 Å². The molecule has 1 aliphatic carbocycles. The van der Waals surface area contributed by atoms with Gasteiger partial charge in [0.05, 0.1) is 11.2 Å². The van der Waals surface area contributed by atoms with Crippen LogP contribution in [0.3, 0.4) is 0 Å². The van der Waals surface area contributed by atoms with Gasteiger partial charge in [-0.1, -0.05) is 23.2 Å². The van der Waals surface area contributed by atoms with Crippen molar-refractivity contribution >= 4 is 34.9 Å². The largest absolute Gasteiger partial charge is 0.482 e. The van der Waals surface area contributed by atoms with E-state index in [0.717, 1.165) is 17.5 Å². The second kappa shape index (κ2) is 7.15. The van der Waals surface area contributed by atoms with Crippen LogP contribution >= 0.6 is 23.2 Å². The van der Waals surface area contributed by atoms with Gasteiger partial charge in [0.15, 0.2) is 12.6 Å². The number of alkyl halides is 3. The summed E-state index contributed by atoms with van der Waals surface area (Å²) in [6.07, 6.45) is -1.76. The van der Waals surface area contributed by atoms with Gasteiger partial charge in [-0.3, -0.25) is 9.69 Å². The Morgan fingerprint density at radius 2 is 2.00 bits per heavy atom. The fraction of sp³-hybridized carbons (Fsp3) is 0.444. The summed E-state index contributed by atoms with van der Waals surface area (Å²) in [5.41, 5.74) is 0. The summed E-state index contributed by atoms with van der Waals surface area (Å²) in [6.45, 7) is -0.355. The summed E-state index contributed by atoms with van der Waals surface area (Å²) >= 11 is 11.9. The summed E-state index contributed by atoms with van der Waals surface area (Å²) < 4.78 is 46.9. The maximum atomic E-state index is 13.5. The van der Waals surface area contributed by atoms with Crippen molar-refractivity contribution in [2.24, 2.45) is 5.92 Å². The normalized spacial score (nSPS) is 22.1. The molecular formula is C18H16Cl2F3N3O2. The number of benzene rings is 1. The first-order valence-corrected chi connectivity index (χ1v) is 9.51. The number of nitrogens with zero attached hydrogens (tertiary/aromatic N) is 3. The molecule has 0 bridgehead atoms. The number of hydrogen-bond acceptors (Lipinski definition) is 3. The van der Waals surface area contributed by atoms with E-state index in [2.05, 4.69) is 5.10 Å². The van der Waals surface area contributed by atoms with Crippen molar-refractivity contribution in [2.45, 2.75) is 37.5 Å². The monoisotopic (exact) mass is 433 g/mol. The van der Waals surface area contributed by atoms with Gasteiger partial charge in [0.2, 0.25) is 0 Å². The Hall–Kier alpha value is -1.93. The highest BCUT2D eigenvalue weighted by molar-refractivity contribution is 6.35. The van der Waals surface area contributed by atoms with Gasteiger partial charge in [-0.15, -0.1) is 0 Å². The van der Waals surface area contributed by atoms with Gasteiger partial charge in [-0.05, 0) is 43.4 Å². The highest BCUT2D eigenvalue weighted by Crippen LogP contribution is 2.48. The van der Waals surface area contributed by atoms with E-state index in [1.165, 1.54) is 29.3 Å². The van der Waals surface area contributed by atoms with Crippen LogP contribution < -0.4 is 9.64 Å². The Morgan fingerprint density at radius 3 is 2.64 bits per heavy atom. The third kappa shape index (κ3) is 3.67. The Morgan fingerprint density at radius 1 is 1.25 bits per heavy atom. The molecule has 1 aliphatic heterocycles. The van der Waals surface area contributed by atoms with Gasteiger partial charge in [-0.25, -0.2) is 4.68 Å². The van der Waals surface area contributed by atoms with Crippen LogP contribution in [0.5, 0.6) is 5.75 Å². The fourth-order valence-corrected chi connectivity index (χ4v) is 4.08. The van der Waals surface area contributed by atoms with Crippen LogP contribution in [0.4, 0.5) is 19.0 Å². The van der Waals surface area contributed by atoms with Gasteiger partial charge < -0.3 is 4.74 Å². The third-order valence-corrected chi connectivity index (χ3v) is 5.58. The zero-order chi connectivity index (χ0) is 20.1. The van der Waals surface area contributed by atoms with Gasteiger partial charge in [0.25, 0.3) is 5.91 Å². The highest BCUT2D eigenvalue weighted by atomic mass is 35.5. The second-order valence-corrected chi connectivity index (χ2v) is 7.80. The molecule has 0 saturated heterocycles. The van der Waals surface area contributed by atoms with Crippen molar-refractivity contribution in [3.8, 4) is 5.75 Å². The molecule has 1 aromatic heterocycles. The molecule has 0 N–H and O–H groups in total. The number of ether oxygens (including phenoxy) is 1. The van der Waals surface area contributed by atoms with Crippen LogP contribution in [-0.4, -0.2) is 34.5 Å². The predicted molar refractivity (Wildman–Crippen MR) is 97.9 cm³/mol. The molecule has 0 unspecified atom stereocenters. The van der Waals surface area contributed by atoms with E-state index >= 15 is 0 Å². The fourth-order valence-electron chi connectivity index (χ4n) is 3.61. The highest BCUT2D eigenvalue weighted by Gasteiger charge is 2.52. The Bertz CT molecular complexity index is 898. The Kier molecular flexibility index (Phi) is 4.95. The van der Waals surface area contributed by atoms with Gasteiger partial charge in [0, 0.05) is 17.1 Å². The van der Waals surface area contributed by atoms with Crippen molar-refractivity contribution in [3.63, 3.8) is 0 Å². The molecule has 1 aromatic carbocycles. The lowest BCUT2D eigenvalue weighted by molar-refractivity contribution is -0.175. The molecule has 2 heterocycles. The molecule has 150 valence electrons. The minimum Gasteiger partial charge on any atom is -0.482 e. The lowest BCUT2D eigenvalue weighted by Crippen LogP contribution is -2.51. The summed E-state index contributed by atoms with van der Waals surface area (Å²) in [5.74, 6) is 0.0317. The minimum atomic E-state index is -4.43. The number of amides is 1. The summed E-state index contributed by atoms with van der Waals surface area (Å²) in [5, 5.41) is 4.50. The van der Waals surface area contributed by atoms with E-state index in [9.17, 15) is 18.0 Å². The topological polar surface area (TPSA) is 47.4 Å². The Labute approximate surface area is 169 Å². The molecule has 1 fully saturated rings. The number of rotatable bonds is 4. The maximum Gasteiger partial charge on any atom is 0.410 e. The Balaban J connectivity index is 1.58. The number of halogens is 5. The standard InChI is InChI=1S/C18H16Cl2F3N3O2/c19-11-3-4-14(12(20)7-11)28-9-17(27)25-13(10-1-2-10)8-15(18(21,22)23)26-16(25)5-6-24-26/h3-7,10,13,15H,1-2,8-9H2/t13-,15-/m1/s1. The smallest absolute Gasteiger partial charge is 0.410 e. The van der Waals surface area contributed by atoms with Crippen molar-refractivity contribution in [1.82, 2.24) is 9.78 Å². The number of carbonyl (C=O) groups excluding carboxylic acids is 1. The van der Waals surface area contributed by atoms with Crippen LogP contribution in [0.15, 0.2) is 30.5 Å². The van der Waals surface area contributed by atoms with Crippen LogP contribution in [0.1, 0.15) is 25.3 Å². The average molecular weight is 434 g/mol. The average Bonchev–Trinajstić information content (AvgIpc) is 3.35. The zero-order valence-corrected chi connectivity index (χ0v) is 16.0. The molecular weight excluding hydrogens is 418 g/mol. The van der Waals surface area contributed by atoms with Crippen LogP contribution in [0, 0.1) is 5.92 Å². The first-order chi connectivity index (χ1) is 13.3. The molecule has 1 saturated carbocycles. The summed E-state index contributed by atoms with van der Waals surface area (Å²) in [4.78, 5) is 14.3. The van der Waals surface area contributed by atoms with E-state index < -0.39 is 24.2 Å². The molecule has 2 atom stereocenters. The van der Waals surface area contributed by atoms with Crippen LogP contribution in [0.2, 0.25) is 10.0 Å². The number of aromatic nitrogens is 2. The van der Waals surface area contributed by atoms with E-state index in [-0.39, 0.29) is 35.5 Å². The molecule has 2 aliphatic rings. The van der Waals surface area contributed by atoms with E-state index in [0.29, 0.717) is 5.02 Å². The third-order valence-electron chi connectivity index (χ3n) is 5.05. The quantitative estimate of drug-likeness (QED) is 0.689. The number of anilines is 1. The zero-order valence-electron chi connectivity index (χ0n) is 14.5. The van der Waals surface area contributed by atoms with Crippen molar-refractivity contribution in [2.75, 3.05) is 11.5 Å². The van der Waals surface area contributed by atoms with E-state index in [4.69, 9.17) is 27.9 Å². The van der Waals surface area contributed by atoms with Crippen LogP contribution in [-0.2, 0) is 4.79 Å². The lowest BCUT2D eigenvalue weighted by Gasteiger charge is -2.40. The molecule has 0 spiro atoms. The SMILES string of the molecule is O=C(COc1ccc(Cl)cc1Cl)N1c2ccnn2[C@@H](C(F)(F)F)C[C@@H]1C1CC1. The van der Waals surface area contributed by atoms with Crippen LogP contribution in [0.25, 0.3) is 0 Å². The van der Waals surface area contributed by atoms with Gasteiger partial charge >= 0.3 is 6.18 Å². The first kappa shape index (κ1) is 19.4. The summed E-state index contributed by atoms with van der Waals surface area (Å²) in [6, 6.07) is 3.76. The second-order valence-electron chi connectivity index (χ2n) is 6.96. The number of hydrogen-bond donors (Lipinski definition) is 0. The molecule has 0 radical (unpaired) electrons. The molecule has 2 aromatic rings. The molecule has 10 heteroatoms. The first-order valence-electron chi connectivity index (χ1n) is 8.76. The lowest BCUT2D eigenvalue weighted by atomic mass is 9.98. The number of carbonyl (C=O) groups is 1. The van der Waals surface area contributed by atoms with E-state index in [1.807, 2.05) is 0 Å². The number of fused-ring (bicyclic) bond motifs is 1. The predicted octanol–water partition coefficient (Wildman–Crippen LogP) is 4.89. The molecule has 4 rings (SSSR count). The molecule has 5 nitrogen and oxygen atoms in total. The summed E-state index contributed by atoms with van der Waals surface area (Å²) in [7, 11) is 0. The van der Waals surface area contributed by atoms with Gasteiger partial charge in [-0.2, -0.15) is 18.3 Å². The van der Waals surface area contributed by atoms with Crippen molar-refractivity contribution in [3.05, 3.63) is 40.5 Å². The molecule has 1 amide bonds. The van der Waals surface area contributed by atoms with E-state index in [1.54, 1.807) is 6.07 Å². The maximum absolute atomic E-state index is 13.5.